The first-order chi connectivity index (χ1) is 9.95. The van der Waals surface area contributed by atoms with Gasteiger partial charge < -0.3 is 11.1 Å². The van der Waals surface area contributed by atoms with Crippen molar-refractivity contribution < 1.29 is 4.79 Å². The second-order valence-corrected chi connectivity index (χ2v) is 6.34. The van der Waals surface area contributed by atoms with Crippen molar-refractivity contribution in [2.45, 2.75) is 39.7 Å². The normalized spacial score (nSPS) is 20.1. The maximum atomic E-state index is 12.2. The largest absolute Gasteiger partial charge is 0.328 e. The third-order valence-electron chi connectivity index (χ3n) is 4.44. The van der Waals surface area contributed by atoms with Crippen LogP contribution in [0.15, 0.2) is 18.2 Å². The van der Waals surface area contributed by atoms with Crippen molar-refractivity contribution in [2.24, 2.45) is 11.7 Å². The Labute approximate surface area is 139 Å². The van der Waals surface area contributed by atoms with Gasteiger partial charge in [0.25, 0.3) is 0 Å². The van der Waals surface area contributed by atoms with Gasteiger partial charge in [-0.25, -0.2) is 0 Å². The Hall–Kier alpha value is -1.10. The maximum Gasteiger partial charge on any atom is 0.238 e. The minimum absolute atomic E-state index is 0. The first-order valence-corrected chi connectivity index (χ1v) is 7.80. The number of piperidine rings is 1. The number of halogens is 1. The van der Waals surface area contributed by atoms with Crippen molar-refractivity contribution >= 4 is 24.0 Å². The van der Waals surface area contributed by atoms with Gasteiger partial charge in [-0.05, 0) is 69.3 Å². The van der Waals surface area contributed by atoms with Crippen LogP contribution >= 0.6 is 12.4 Å². The molecular formula is C17H28ClN3O. The predicted molar refractivity (Wildman–Crippen MR) is 94.6 cm³/mol. The highest BCUT2D eigenvalue weighted by atomic mass is 35.5. The number of anilines is 1. The molecule has 2 rings (SSSR count). The second kappa shape index (κ2) is 8.51. The summed E-state index contributed by atoms with van der Waals surface area (Å²) in [5, 5.41) is 2.99. The molecule has 0 bridgehead atoms. The lowest BCUT2D eigenvalue weighted by Gasteiger charge is -2.34. The Morgan fingerprint density at radius 2 is 2.14 bits per heavy atom. The predicted octanol–water partition coefficient (Wildman–Crippen LogP) is 2.72. The summed E-state index contributed by atoms with van der Waals surface area (Å²) < 4.78 is 0. The van der Waals surface area contributed by atoms with Gasteiger partial charge in [-0.1, -0.05) is 6.07 Å². The lowest BCUT2D eigenvalue weighted by molar-refractivity contribution is -0.117. The molecule has 4 nitrogen and oxygen atoms in total. The van der Waals surface area contributed by atoms with Crippen LogP contribution < -0.4 is 11.1 Å². The van der Waals surface area contributed by atoms with E-state index in [-0.39, 0.29) is 24.4 Å². The van der Waals surface area contributed by atoms with Gasteiger partial charge in [0.1, 0.15) is 0 Å². The average molecular weight is 326 g/mol. The number of carbonyl (C=O) groups is 1. The van der Waals surface area contributed by atoms with E-state index in [1.54, 1.807) is 0 Å². The summed E-state index contributed by atoms with van der Waals surface area (Å²) in [6, 6.07) is 6.23. The number of nitrogens with zero attached hydrogens (tertiary/aromatic N) is 1. The highest BCUT2D eigenvalue weighted by Crippen LogP contribution is 2.19. The highest BCUT2D eigenvalue weighted by molar-refractivity contribution is 5.92. The van der Waals surface area contributed by atoms with Crippen LogP contribution in [0.4, 0.5) is 5.69 Å². The van der Waals surface area contributed by atoms with Crippen molar-refractivity contribution in [1.29, 1.82) is 0 Å². The van der Waals surface area contributed by atoms with Crippen LogP contribution in [0, 0.1) is 19.8 Å². The number of amides is 1. The second-order valence-electron chi connectivity index (χ2n) is 6.34. The Morgan fingerprint density at radius 3 is 2.77 bits per heavy atom. The fraction of sp³-hybridized carbons (Fsp3) is 0.588. The first kappa shape index (κ1) is 18.9. The van der Waals surface area contributed by atoms with E-state index in [1.165, 1.54) is 17.5 Å². The van der Waals surface area contributed by atoms with Crippen molar-refractivity contribution in [3.8, 4) is 0 Å². The Kier molecular flexibility index (Phi) is 7.33. The van der Waals surface area contributed by atoms with Crippen LogP contribution in [0.2, 0.25) is 0 Å². The number of carbonyl (C=O) groups excluding carboxylic acids is 1. The van der Waals surface area contributed by atoms with Gasteiger partial charge in [-0.15, -0.1) is 12.4 Å². The lowest BCUT2D eigenvalue weighted by atomic mass is 9.92. The summed E-state index contributed by atoms with van der Waals surface area (Å²) >= 11 is 0. The van der Waals surface area contributed by atoms with Crippen LogP contribution in [-0.2, 0) is 4.79 Å². The number of likely N-dealkylation sites (tertiary alicyclic amines) is 1. The summed E-state index contributed by atoms with van der Waals surface area (Å²) in [6.45, 7) is 8.56. The van der Waals surface area contributed by atoms with Crippen LogP contribution in [0.5, 0.6) is 0 Å². The zero-order valence-electron chi connectivity index (χ0n) is 13.8. The Balaban J connectivity index is 0.00000242. The lowest BCUT2D eigenvalue weighted by Crippen LogP contribution is -2.45. The fourth-order valence-corrected chi connectivity index (χ4v) is 2.89. The fourth-order valence-electron chi connectivity index (χ4n) is 2.89. The zero-order chi connectivity index (χ0) is 15.4. The maximum absolute atomic E-state index is 12.2. The molecule has 2 unspecified atom stereocenters. The molecule has 22 heavy (non-hydrogen) atoms. The van der Waals surface area contributed by atoms with Crippen molar-refractivity contribution in [1.82, 2.24) is 4.90 Å². The minimum Gasteiger partial charge on any atom is -0.328 e. The minimum atomic E-state index is 0. The van der Waals surface area contributed by atoms with Crippen molar-refractivity contribution in [2.75, 3.05) is 25.0 Å². The molecule has 0 radical (unpaired) electrons. The molecule has 1 aliphatic rings. The molecule has 1 heterocycles. The summed E-state index contributed by atoms with van der Waals surface area (Å²) in [4.78, 5) is 14.4. The molecule has 1 aromatic carbocycles. The molecule has 3 N–H and O–H groups in total. The Morgan fingerprint density at radius 1 is 1.41 bits per heavy atom. The quantitative estimate of drug-likeness (QED) is 0.895. The van der Waals surface area contributed by atoms with Crippen LogP contribution in [0.3, 0.4) is 0 Å². The standard InChI is InChI=1S/C17H27N3O.ClH/c1-12-6-7-16(9-13(12)2)19-17(21)11-20-8-4-5-15(10-20)14(3)18;/h6-7,9,14-15H,4-5,8,10-11,18H2,1-3H3,(H,19,21);1H. The zero-order valence-corrected chi connectivity index (χ0v) is 14.6. The number of hydrogen-bond acceptors (Lipinski definition) is 3. The smallest absolute Gasteiger partial charge is 0.238 e. The van der Waals surface area contributed by atoms with Gasteiger partial charge in [-0.3, -0.25) is 9.69 Å². The number of rotatable bonds is 4. The molecule has 124 valence electrons. The van der Waals surface area contributed by atoms with Gasteiger partial charge in [-0.2, -0.15) is 0 Å². The molecule has 1 aliphatic heterocycles. The van der Waals surface area contributed by atoms with E-state index in [1.807, 2.05) is 18.2 Å². The van der Waals surface area contributed by atoms with E-state index in [0.717, 1.165) is 25.2 Å². The summed E-state index contributed by atoms with van der Waals surface area (Å²) in [7, 11) is 0. The van der Waals surface area contributed by atoms with Crippen LogP contribution in [-0.4, -0.2) is 36.5 Å². The molecule has 0 spiro atoms. The van der Waals surface area contributed by atoms with E-state index in [9.17, 15) is 4.79 Å². The molecule has 1 aromatic rings. The highest BCUT2D eigenvalue weighted by Gasteiger charge is 2.23. The average Bonchev–Trinajstić information content (AvgIpc) is 2.43. The molecule has 0 saturated carbocycles. The van der Waals surface area contributed by atoms with E-state index in [0.29, 0.717) is 12.5 Å². The molecular weight excluding hydrogens is 298 g/mol. The molecule has 0 aliphatic carbocycles. The monoisotopic (exact) mass is 325 g/mol. The summed E-state index contributed by atoms with van der Waals surface area (Å²) in [6.07, 6.45) is 2.30. The van der Waals surface area contributed by atoms with Crippen molar-refractivity contribution in [3.63, 3.8) is 0 Å². The van der Waals surface area contributed by atoms with Gasteiger partial charge in [0, 0.05) is 18.3 Å². The molecule has 1 saturated heterocycles. The van der Waals surface area contributed by atoms with Gasteiger partial charge in [0.15, 0.2) is 0 Å². The van der Waals surface area contributed by atoms with E-state index < -0.39 is 0 Å². The SMILES string of the molecule is Cc1ccc(NC(=O)CN2CCCC(C(C)N)C2)cc1C.Cl. The molecule has 1 fully saturated rings. The molecule has 5 heteroatoms. The number of benzene rings is 1. The summed E-state index contributed by atoms with van der Waals surface area (Å²) in [5.41, 5.74) is 9.30. The van der Waals surface area contributed by atoms with E-state index >= 15 is 0 Å². The summed E-state index contributed by atoms with van der Waals surface area (Å²) in [5.74, 6) is 0.566. The number of aryl methyl sites for hydroxylation is 2. The Bertz CT molecular complexity index is 505. The van der Waals surface area contributed by atoms with E-state index in [2.05, 4.69) is 31.0 Å². The first-order valence-electron chi connectivity index (χ1n) is 7.80. The number of hydrogen-bond donors (Lipinski definition) is 2. The van der Waals surface area contributed by atoms with E-state index in [4.69, 9.17) is 5.73 Å². The molecule has 2 atom stereocenters. The third kappa shape index (κ3) is 5.27. The van der Waals surface area contributed by atoms with Crippen LogP contribution in [0.1, 0.15) is 30.9 Å². The third-order valence-corrected chi connectivity index (χ3v) is 4.44. The van der Waals surface area contributed by atoms with Gasteiger partial charge in [0.2, 0.25) is 5.91 Å². The molecule has 0 aromatic heterocycles. The van der Waals surface area contributed by atoms with Crippen molar-refractivity contribution in [3.05, 3.63) is 29.3 Å². The number of nitrogens with two attached hydrogens (primary N) is 1. The van der Waals surface area contributed by atoms with Crippen LogP contribution in [0.25, 0.3) is 0 Å². The topological polar surface area (TPSA) is 58.4 Å². The number of nitrogens with one attached hydrogen (secondary N) is 1. The molecule has 1 amide bonds. The van der Waals surface area contributed by atoms with Gasteiger partial charge >= 0.3 is 0 Å². The van der Waals surface area contributed by atoms with Gasteiger partial charge in [0.05, 0.1) is 6.54 Å².